The van der Waals surface area contributed by atoms with Gasteiger partial charge in [-0.2, -0.15) is 0 Å². The highest BCUT2D eigenvalue weighted by Gasteiger charge is 2.35. The SMILES string of the molecule is CN1CCCC2CN(C(=O)CNC3CCCC3)CCC21. The highest BCUT2D eigenvalue weighted by atomic mass is 16.2. The van der Waals surface area contributed by atoms with Crippen molar-refractivity contribution in [2.75, 3.05) is 33.2 Å². The summed E-state index contributed by atoms with van der Waals surface area (Å²) in [5, 5.41) is 3.46. The fourth-order valence-electron chi connectivity index (χ4n) is 4.35. The van der Waals surface area contributed by atoms with Gasteiger partial charge >= 0.3 is 0 Å². The number of nitrogens with zero attached hydrogens (tertiary/aromatic N) is 2. The van der Waals surface area contributed by atoms with Gasteiger partial charge < -0.3 is 15.1 Å². The second-order valence-electron chi connectivity index (χ2n) is 6.94. The second-order valence-corrected chi connectivity index (χ2v) is 6.94. The summed E-state index contributed by atoms with van der Waals surface area (Å²) >= 11 is 0. The summed E-state index contributed by atoms with van der Waals surface area (Å²) in [7, 11) is 2.25. The molecule has 2 saturated heterocycles. The van der Waals surface area contributed by atoms with Gasteiger partial charge in [0.25, 0.3) is 0 Å². The Balaban J connectivity index is 1.46. The van der Waals surface area contributed by atoms with Gasteiger partial charge in [0.05, 0.1) is 6.54 Å². The molecule has 0 aromatic carbocycles. The van der Waals surface area contributed by atoms with Crippen LogP contribution in [-0.2, 0) is 4.79 Å². The zero-order chi connectivity index (χ0) is 13.9. The summed E-state index contributed by atoms with van der Waals surface area (Å²) in [5.74, 6) is 1.03. The Labute approximate surface area is 122 Å². The predicted octanol–water partition coefficient (Wildman–Crippen LogP) is 1.46. The Kier molecular flexibility index (Phi) is 4.61. The van der Waals surface area contributed by atoms with Gasteiger partial charge in [-0.05, 0) is 51.6 Å². The van der Waals surface area contributed by atoms with Crippen molar-refractivity contribution in [2.45, 2.75) is 57.0 Å². The maximum absolute atomic E-state index is 12.4. The first kappa shape index (κ1) is 14.3. The maximum atomic E-state index is 12.4. The first-order valence-electron chi connectivity index (χ1n) is 8.45. The molecule has 2 heterocycles. The van der Waals surface area contributed by atoms with Crippen LogP contribution in [0.5, 0.6) is 0 Å². The summed E-state index contributed by atoms with van der Waals surface area (Å²) in [6.07, 6.45) is 8.91. The molecule has 1 saturated carbocycles. The summed E-state index contributed by atoms with van der Waals surface area (Å²) in [6, 6.07) is 1.31. The Morgan fingerprint density at radius 1 is 1.10 bits per heavy atom. The average Bonchev–Trinajstić information content (AvgIpc) is 2.98. The zero-order valence-corrected chi connectivity index (χ0v) is 12.8. The third kappa shape index (κ3) is 3.17. The molecular formula is C16H29N3O. The van der Waals surface area contributed by atoms with Crippen LogP contribution in [-0.4, -0.2) is 61.0 Å². The third-order valence-corrected chi connectivity index (χ3v) is 5.60. The summed E-state index contributed by atoms with van der Waals surface area (Å²) in [6.45, 7) is 3.73. The second kappa shape index (κ2) is 6.44. The minimum Gasteiger partial charge on any atom is -0.341 e. The number of rotatable bonds is 3. The lowest BCUT2D eigenvalue weighted by Gasteiger charge is -2.46. The molecule has 0 aromatic heterocycles. The van der Waals surface area contributed by atoms with E-state index in [1.807, 2.05) is 0 Å². The van der Waals surface area contributed by atoms with Crippen LogP contribution in [0.15, 0.2) is 0 Å². The number of likely N-dealkylation sites (tertiary alicyclic amines) is 2. The number of hydrogen-bond donors (Lipinski definition) is 1. The fraction of sp³-hybridized carbons (Fsp3) is 0.938. The highest BCUT2D eigenvalue weighted by Crippen LogP contribution is 2.29. The Morgan fingerprint density at radius 3 is 2.70 bits per heavy atom. The Hall–Kier alpha value is -0.610. The van der Waals surface area contributed by atoms with E-state index in [0.29, 0.717) is 24.4 Å². The first-order chi connectivity index (χ1) is 9.74. The minimum absolute atomic E-state index is 0.323. The van der Waals surface area contributed by atoms with E-state index in [2.05, 4.69) is 22.2 Å². The molecule has 4 heteroatoms. The number of carbonyl (C=O) groups is 1. The molecule has 2 aliphatic heterocycles. The molecule has 2 atom stereocenters. The molecule has 114 valence electrons. The van der Waals surface area contributed by atoms with Crippen LogP contribution in [0.4, 0.5) is 0 Å². The Bertz CT molecular complexity index is 341. The normalized spacial score (nSPS) is 32.4. The van der Waals surface area contributed by atoms with Crippen molar-refractivity contribution >= 4 is 5.91 Å². The minimum atomic E-state index is 0.323. The lowest BCUT2D eigenvalue weighted by molar-refractivity contribution is -0.133. The molecule has 3 aliphatic rings. The van der Waals surface area contributed by atoms with Gasteiger partial charge in [0.2, 0.25) is 5.91 Å². The summed E-state index contributed by atoms with van der Waals surface area (Å²) < 4.78 is 0. The number of carbonyl (C=O) groups excluding carboxylic acids is 1. The molecule has 3 rings (SSSR count). The largest absolute Gasteiger partial charge is 0.341 e. The van der Waals surface area contributed by atoms with Crippen LogP contribution < -0.4 is 5.32 Å². The molecule has 1 aliphatic carbocycles. The predicted molar refractivity (Wildman–Crippen MR) is 80.6 cm³/mol. The van der Waals surface area contributed by atoms with Gasteiger partial charge in [-0.3, -0.25) is 4.79 Å². The topological polar surface area (TPSA) is 35.6 Å². The van der Waals surface area contributed by atoms with E-state index in [9.17, 15) is 4.79 Å². The van der Waals surface area contributed by atoms with E-state index in [1.165, 1.54) is 45.1 Å². The molecule has 20 heavy (non-hydrogen) atoms. The van der Waals surface area contributed by atoms with Crippen molar-refractivity contribution in [1.29, 1.82) is 0 Å². The van der Waals surface area contributed by atoms with Gasteiger partial charge in [-0.25, -0.2) is 0 Å². The van der Waals surface area contributed by atoms with Crippen LogP contribution >= 0.6 is 0 Å². The smallest absolute Gasteiger partial charge is 0.236 e. The molecular weight excluding hydrogens is 250 g/mol. The van der Waals surface area contributed by atoms with Crippen LogP contribution in [0.25, 0.3) is 0 Å². The molecule has 2 unspecified atom stereocenters. The monoisotopic (exact) mass is 279 g/mol. The van der Waals surface area contributed by atoms with E-state index >= 15 is 0 Å². The lowest BCUT2D eigenvalue weighted by Crippen LogP contribution is -2.55. The molecule has 4 nitrogen and oxygen atoms in total. The molecule has 0 bridgehead atoms. The quantitative estimate of drug-likeness (QED) is 0.849. The van der Waals surface area contributed by atoms with Crippen molar-refractivity contribution in [1.82, 2.24) is 15.1 Å². The van der Waals surface area contributed by atoms with E-state index < -0.39 is 0 Å². The molecule has 1 N–H and O–H groups in total. The number of amides is 1. The molecule has 1 amide bonds. The molecule has 0 aromatic rings. The standard InChI is InChI=1S/C16H29N3O/c1-18-9-4-5-13-12-19(10-8-15(13)18)16(20)11-17-14-6-2-3-7-14/h13-15,17H,2-12H2,1H3. The maximum Gasteiger partial charge on any atom is 0.236 e. The van der Waals surface area contributed by atoms with Gasteiger partial charge in [0.1, 0.15) is 0 Å². The van der Waals surface area contributed by atoms with Crippen molar-refractivity contribution in [3.8, 4) is 0 Å². The third-order valence-electron chi connectivity index (χ3n) is 5.60. The number of hydrogen-bond acceptors (Lipinski definition) is 3. The van der Waals surface area contributed by atoms with Crippen molar-refractivity contribution < 1.29 is 4.79 Å². The van der Waals surface area contributed by atoms with Crippen molar-refractivity contribution in [3.63, 3.8) is 0 Å². The highest BCUT2D eigenvalue weighted by molar-refractivity contribution is 5.78. The number of piperidine rings is 2. The fourth-order valence-corrected chi connectivity index (χ4v) is 4.35. The molecule has 3 fully saturated rings. The average molecular weight is 279 g/mol. The van der Waals surface area contributed by atoms with Crippen LogP contribution in [0.3, 0.4) is 0 Å². The van der Waals surface area contributed by atoms with Crippen LogP contribution in [0.1, 0.15) is 44.9 Å². The van der Waals surface area contributed by atoms with E-state index in [4.69, 9.17) is 0 Å². The van der Waals surface area contributed by atoms with Crippen molar-refractivity contribution in [2.24, 2.45) is 5.92 Å². The van der Waals surface area contributed by atoms with E-state index in [-0.39, 0.29) is 0 Å². The summed E-state index contributed by atoms with van der Waals surface area (Å²) in [5.41, 5.74) is 0. The molecule has 0 spiro atoms. The van der Waals surface area contributed by atoms with Gasteiger partial charge in [-0.15, -0.1) is 0 Å². The van der Waals surface area contributed by atoms with Gasteiger partial charge in [0.15, 0.2) is 0 Å². The Morgan fingerprint density at radius 2 is 1.90 bits per heavy atom. The van der Waals surface area contributed by atoms with Crippen LogP contribution in [0.2, 0.25) is 0 Å². The van der Waals surface area contributed by atoms with Gasteiger partial charge in [0, 0.05) is 25.2 Å². The van der Waals surface area contributed by atoms with Crippen molar-refractivity contribution in [3.05, 3.63) is 0 Å². The summed E-state index contributed by atoms with van der Waals surface area (Å²) in [4.78, 5) is 17.0. The zero-order valence-electron chi connectivity index (χ0n) is 12.8. The van der Waals surface area contributed by atoms with E-state index in [1.54, 1.807) is 0 Å². The number of nitrogens with one attached hydrogen (secondary N) is 1. The van der Waals surface area contributed by atoms with Crippen LogP contribution in [0, 0.1) is 5.92 Å². The molecule has 0 radical (unpaired) electrons. The van der Waals surface area contributed by atoms with Gasteiger partial charge in [-0.1, -0.05) is 12.8 Å². The first-order valence-corrected chi connectivity index (χ1v) is 8.45. The lowest BCUT2D eigenvalue weighted by atomic mass is 9.84. The van der Waals surface area contributed by atoms with E-state index in [0.717, 1.165) is 25.6 Å². The number of fused-ring (bicyclic) bond motifs is 1.